The van der Waals surface area contributed by atoms with Gasteiger partial charge >= 0.3 is 5.97 Å². The fourth-order valence-corrected chi connectivity index (χ4v) is 1.21. The Kier molecular flexibility index (Phi) is 3.93. The largest absolute Gasteiger partial charge is 0.478 e. The van der Waals surface area contributed by atoms with E-state index in [1.165, 1.54) is 6.07 Å². The van der Waals surface area contributed by atoms with Gasteiger partial charge in [0, 0.05) is 12.6 Å². The molecule has 0 bridgehead atoms. The van der Waals surface area contributed by atoms with Gasteiger partial charge < -0.3 is 14.8 Å². The van der Waals surface area contributed by atoms with Gasteiger partial charge in [0.2, 0.25) is 0 Å². The first-order chi connectivity index (χ1) is 7.79. The molecular weight excluding hydrogens is 222 g/mol. The Morgan fingerprint density at radius 3 is 2.53 bits per heavy atom. The van der Waals surface area contributed by atoms with Crippen LogP contribution in [0.3, 0.4) is 0 Å². The van der Waals surface area contributed by atoms with Gasteiger partial charge in [-0.2, -0.15) is 0 Å². The summed E-state index contributed by atoms with van der Waals surface area (Å²) in [6.07, 6.45) is 1.90. The summed E-state index contributed by atoms with van der Waals surface area (Å²) in [5, 5.41) is 11.4. The van der Waals surface area contributed by atoms with Gasteiger partial charge in [-0.25, -0.2) is 4.79 Å². The SMILES string of the molecule is CC(C)(C)CCNC(=O)c1cc(C(=O)O)co1. The number of rotatable bonds is 4. The first-order valence-electron chi connectivity index (χ1n) is 5.39. The summed E-state index contributed by atoms with van der Waals surface area (Å²) in [5.41, 5.74) is 0.119. The molecule has 5 nitrogen and oxygen atoms in total. The van der Waals surface area contributed by atoms with Crippen LogP contribution in [-0.4, -0.2) is 23.5 Å². The van der Waals surface area contributed by atoms with E-state index in [-0.39, 0.29) is 22.6 Å². The lowest BCUT2D eigenvalue weighted by Crippen LogP contribution is -2.26. The lowest BCUT2D eigenvalue weighted by molar-refractivity contribution is 0.0695. The molecule has 0 aliphatic carbocycles. The summed E-state index contributed by atoms with van der Waals surface area (Å²) in [7, 11) is 0. The molecule has 0 atom stereocenters. The number of carbonyl (C=O) groups excluding carboxylic acids is 1. The standard InChI is InChI=1S/C12H17NO4/c1-12(2,3)4-5-13-10(14)9-6-8(7-17-9)11(15)16/h6-7H,4-5H2,1-3H3,(H,13,14)(H,15,16). The fourth-order valence-electron chi connectivity index (χ4n) is 1.21. The third-order valence-corrected chi connectivity index (χ3v) is 2.23. The van der Waals surface area contributed by atoms with E-state index in [1.54, 1.807) is 0 Å². The number of carbonyl (C=O) groups is 2. The average molecular weight is 239 g/mol. The number of carboxylic acid groups (broad SMARTS) is 1. The van der Waals surface area contributed by atoms with Crippen molar-refractivity contribution in [2.75, 3.05) is 6.54 Å². The topological polar surface area (TPSA) is 79.5 Å². The molecule has 1 aromatic heterocycles. The van der Waals surface area contributed by atoms with E-state index in [2.05, 4.69) is 26.1 Å². The highest BCUT2D eigenvalue weighted by Gasteiger charge is 2.15. The lowest BCUT2D eigenvalue weighted by Gasteiger charge is -2.17. The summed E-state index contributed by atoms with van der Waals surface area (Å²) in [4.78, 5) is 22.2. The molecule has 0 saturated carbocycles. The summed E-state index contributed by atoms with van der Waals surface area (Å²) in [5.74, 6) is -1.47. The molecule has 5 heteroatoms. The first-order valence-corrected chi connectivity index (χ1v) is 5.39. The second-order valence-electron chi connectivity index (χ2n) is 5.07. The summed E-state index contributed by atoms with van der Waals surface area (Å²) in [6, 6.07) is 1.22. The van der Waals surface area contributed by atoms with Crippen molar-refractivity contribution in [2.45, 2.75) is 27.2 Å². The van der Waals surface area contributed by atoms with E-state index < -0.39 is 5.97 Å². The highest BCUT2D eigenvalue weighted by atomic mass is 16.4. The minimum absolute atomic E-state index is 0.0222. The van der Waals surface area contributed by atoms with Crippen LogP contribution in [0.5, 0.6) is 0 Å². The minimum Gasteiger partial charge on any atom is -0.478 e. The van der Waals surface area contributed by atoms with Crippen molar-refractivity contribution in [3.05, 3.63) is 23.7 Å². The third-order valence-electron chi connectivity index (χ3n) is 2.23. The van der Waals surface area contributed by atoms with E-state index in [9.17, 15) is 9.59 Å². The molecule has 0 fully saturated rings. The summed E-state index contributed by atoms with van der Waals surface area (Å²) >= 11 is 0. The van der Waals surface area contributed by atoms with Crippen molar-refractivity contribution in [3.8, 4) is 0 Å². The van der Waals surface area contributed by atoms with Gasteiger partial charge in [-0.05, 0) is 11.8 Å². The van der Waals surface area contributed by atoms with Gasteiger partial charge in [-0.1, -0.05) is 20.8 Å². The molecule has 1 heterocycles. The number of hydrogen-bond donors (Lipinski definition) is 2. The molecule has 1 aromatic rings. The Morgan fingerprint density at radius 2 is 2.06 bits per heavy atom. The zero-order chi connectivity index (χ0) is 13.1. The number of amides is 1. The van der Waals surface area contributed by atoms with Gasteiger partial charge in [0.25, 0.3) is 5.91 Å². The van der Waals surface area contributed by atoms with E-state index in [1.807, 2.05) is 0 Å². The first kappa shape index (κ1) is 13.3. The molecule has 0 radical (unpaired) electrons. The Bertz CT molecular complexity index is 414. The van der Waals surface area contributed by atoms with E-state index in [0.29, 0.717) is 6.54 Å². The van der Waals surface area contributed by atoms with Gasteiger partial charge in [0.05, 0.1) is 5.56 Å². The highest BCUT2D eigenvalue weighted by Crippen LogP contribution is 2.17. The third kappa shape index (κ3) is 4.30. The Morgan fingerprint density at radius 1 is 1.41 bits per heavy atom. The molecular formula is C12H17NO4. The highest BCUT2D eigenvalue weighted by molar-refractivity contribution is 5.95. The van der Waals surface area contributed by atoms with Crippen molar-refractivity contribution in [3.63, 3.8) is 0 Å². The second-order valence-corrected chi connectivity index (χ2v) is 5.07. The van der Waals surface area contributed by atoms with Crippen LogP contribution in [0.15, 0.2) is 16.7 Å². The number of furan rings is 1. The van der Waals surface area contributed by atoms with Crippen LogP contribution in [0, 0.1) is 5.41 Å². The molecule has 0 unspecified atom stereocenters. The number of nitrogens with one attached hydrogen (secondary N) is 1. The predicted octanol–water partition coefficient (Wildman–Crippen LogP) is 2.14. The summed E-state index contributed by atoms with van der Waals surface area (Å²) < 4.78 is 4.88. The molecule has 2 N–H and O–H groups in total. The summed E-state index contributed by atoms with van der Waals surface area (Å²) in [6.45, 7) is 6.77. The normalized spacial score (nSPS) is 11.2. The number of aromatic carboxylic acids is 1. The van der Waals surface area contributed by atoms with E-state index in [4.69, 9.17) is 9.52 Å². The zero-order valence-electron chi connectivity index (χ0n) is 10.2. The quantitative estimate of drug-likeness (QED) is 0.843. The maximum Gasteiger partial charge on any atom is 0.338 e. The van der Waals surface area contributed by atoms with Crippen LogP contribution in [-0.2, 0) is 0 Å². The molecule has 94 valence electrons. The zero-order valence-corrected chi connectivity index (χ0v) is 10.2. The Balaban J connectivity index is 2.50. The average Bonchev–Trinajstić information content (AvgIpc) is 2.63. The van der Waals surface area contributed by atoms with Gasteiger partial charge in [-0.15, -0.1) is 0 Å². The van der Waals surface area contributed by atoms with Crippen molar-refractivity contribution in [1.82, 2.24) is 5.32 Å². The molecule has 1 amide bonds. The molecule has 0 aliphatic heterocycles. The molecule has 17 heavy (non-hydrogen) atoms. The van der Waals surface area contributed by atoms with E-state index >= 15 is 0 Å². The van der Waals surface area contributed by atoms with Crippen molar-refractivity contribution >= 4 is 11.9 Å². The molecule has 0 spiro atoms. The second kappa shape index (κ2) is 5.03. The van der Waals surface area contributed by atoms with Crippen LogP contribution in [0.4, 0.5) is 0 Å². The lowest BCUT2D eigenvalue weighted by atomic mass is 9.92. The number of hydrogen-bond acceptors (Lipinski definition) is 3. The van der Waals surface area contributed by atoms with Crippen molar-refractivity contribution < 1.29 is 19.1 Å². The number of carboxylic acids is 1. The van der Waals surface area contributed by atoms with Gasteiger partial charge in [-0.3, -0.25) is 4.79 Å². The van der Waals surface area contributed by atoms with Crippen molar-refractivity contribution in [2.24, 2.45) is 5.41 Å². The maximum absolute atomic E-state index is 11.6. The van der Waals surface area contributed by atoms with Crippen LogP contribution in [0.2, 0.25) is 0 Å². The van der Waals surface area contributed by atoms with Crippen LogP contribution >= 0.6 is 0 Å². The predicted molar refractivity (Wildman–Crippen MR) is 62.1 cm³/mol. The van der Waals surface area contributed by atoms with Crippen LogP contribution < -0.4 is 5.32 Å². The Labute approximate surface area is 99.8 Å². The fraction of sp³-hybridized carbons (Fsp3) is 0.500. The van der Waals surface area contributed by atoms with Gasteiger partial charge in [0.15, 0.2) is 5.76 Å². The molecule has 0 saturated heterocycles. The van der Waals surface area contributed by atoms with Crippen molar-refractivity contribution in [1.29, 1.82) is 0 Å². The van der Waals surface area contributed by atoms with E-state index in [0.717, 1.165) is 12.7 Å². The molecule has 0 aliphatic rings. The molecule has 0 aromatic carbocycles. The molecule has 1 rings (SSSR count). The maximum atomic E-state index is 11.6. The Hall–Kier alpha value is -1.78. The monoisotopic (exact) mass is 239 g/mol. The van der Waals surface area contributed by atoms with Crippen LogP contribution in [0.25, 0.3) is 0 Å². The van der Waals surface area contributed by atoms with Gasteiger partial charge in [0.1, 0.15) is 6.26 Å². The smallest absolute Gasteiger partial charge is 0.338 e. The van der Waals surface area contributed by atoms with Crippen LogP contribution in [0.1, 0.15) is 48.1 Å². The minimum atomic E-state index is -1.11.